The Morgan fingerprint density at radius 2 is 2.00 bits per heavy atom. The van der Waals surface area contributed by atoms with Crippen molar-refractivity contribution < 1.29 is 13.0 Å². The molecule has 0 aliphatic heterocycles. The molecule has 0 atom stereocenters. The average molecular weight is 186 g/mol. The second kappa shape index (κ2) is 2.76. The summed E-state index contributed by atoms with van der Waals surface area (Å²) in [6.45, 7) is 1.53. The van der Waals surface area contributed by atoms with E-state index < -0.39 is 10.1 Å². The summed E-state index contributed by atoms with van der Waals surface area (Å²) in [6, 6.07) is 4.05. The van der Waals surface area contributed by atoms with E-state index in [0.29, 0.717) is 11.3 Å². The molecule has 0 unspecified atom stereocenters. The van der Waals surface area contributed by atoms with E-state index in [0.717, 1.165) is 0 Å². The van der Waals surface area contributed by atoms with Gasteiger partial charge < -0.3 is 10.3 Å². The molecule has 66 valence electrons. The van der Waals surface area contributed by atoms with Gasteiger partial charge in [-0.25, -0.2) is 8.42 Å². The van der Waals surface area contributed by atoms with Gasteiger partial charge in [-0.05, 0) is 30.7 Å². The Morgan fingerprint density at radius 3 is 2.42 bits per heavy atom. The van der Waals surface area contributed by atoms with Crippen LogP contribution in [0.4, 0.5) is 5.69 Å². The fraction of sp³-hybridized carbons (Fsp3) is 0.143. The molecule has 0 radical (unpaired) electrons. The van der Waals surface area contributed by atoms with Gasteiger partial charge in [-0.15, -0.1) is 0 Å². The van der Waals surface area contributed by atoms with E-state index >= 15 is 0 Å². The lowest BCUT2D eigenvalue weighted by Crippen LogP contribution is -2.01. The Hall–Kier alpha value is -1.07. The molecule has 4 nitrogen and oxygen atoms in total. The number of anilines is 1. The summed E-state index contributed by atoms with van der Waals surface area (Å²) in [4.78, 5) is -0.211. The van der Waals surface area contributed by atoms with E-state index in [-0.39, 0.29) is 4.90 Å². The quantitative estimate of drug-likeness (QED) is 0.510. The predicted molar refractivity (Wildman–Crippen MR) is 43.6 cm³/mol. The maximum Gasteiger partial charge on any atom is 0.124 e. The van der Waals surface area contributed by atoms with E-state index in [1.807, 2.05) is 0 Å². The molecule has 0 amide bonds. The number of hydrogen-bond acceptors (Lipinski definition) is 4. The number of nitrogen functional groups attached to an aromatic ring is 1. The first-order valence-corrected chi connectivity index (χ1v) is 4.64. The highest BCUT2D eigenvalue weighted by Gasteiger charge is 2.04. The summed E-state index contributed by atoms with van der Waals surface area (Å²) in [5, 5.41) is 0. The average Bonchev–Trinajstić information content (AvgIpc) is 1.83. The standard InChI is InChI=1S/C7H9NO3S/c1-5-4-6(8)2-3-7(5)12(9,10)11/h2-4H,8H2,1H3,(H,9,10,11)/p-1. The normalized spacial score (nSPS) is 11.5. The van der Waals surface area contributed by atoms with Crippen molar-refractivity contribution in [3.63, 3.8) is 0 Å². The summed E-state index contributed by atoms with van der Waals surface area (Å²) in [5.74, 6) is 0. The molecule has 0 saturated carbocycles. The van der Waals surface area contributed by atoms with E-state index in [4.69, 9.17) is 5.73 Å². The molecule has 1 aromatic rings. The van der Waals surface area contributed by atoms with Crippen LogP contribution in [0.5, 0.6) is 0 Å². The van der Waals surface area contributed by atoms with Crippen molar-refractivity contribution in [1.29, 1.82) is 0 Å². The molecule has 0 aromatic heterocycles. The van der Waals surface area contributed by atoms with E-state index in [2.05, 4.69) is 0 Å². The fourth-order valence-corrected chi connectivity index (χ4v) is 1.64. The summed E-state index contributed by atoms with van der Waals surface area (Å²) < 4.78 is 31.7. The Bertz CT molecular complexity index is 397. The third-order valence-electron chi connectivity index (χ3n) is 1.47. The molecule has 1 rings (SSSR count). The maximum absolute atomic E-state index is 10.6. The Morgan fingerprint density at radius 1 is 1.42 bits per heavy atom. The summed E-state index contributed by atoms with van der Waals surface area (Å²) >= 11 is 0. The zero-order valence-corrected chi connectivity index (χ0v) is 7.26. The maximum atomic E-state index is 10.6. The zero-order chi connectivity index (χ0) is 9.35. The fourth-order valence-electron chi connectivity index (χ4n) is 0.953. The Kier molecular flexibility index (Phi) is 2.08. The van der Waals surface area contributed by atoms with Crippen molar-refractivity contribution in [3.8, 4) is 0 Å². The molecule has 5 heteroatoms. The van der Waals surface area contributed by atoms with Crippen LogP contribution < -0.4 is 5.73 Å². The number of rotatable bonds is 1. The first-order chi connectivity index (χ1) is 5.41. The molecule has 0 spiro atoms. The van der Waals surface area contributed by atoms with Gasteiger partial charge in [0.25, 0.3) is 0 Å². The smallest absolute Gasteiger partial charge is 0.124 e. The highest BCUT2D eigenvalue weighted by molar-refractivity contribution is 7.85. The monoisotopic (exact) mass is 186 g/mol. The first-order valence-electron chi connectivity index (χ1n) is 3.23. The number of aryl methyl sites for hydroxylation is 1. The van der Waals surface area contributed by atoms with Crippen molar-refractivity contribution in [3.05, 3.63) is 23.8 Å². The van der Waals surface area contributed by atoms with Gasteiger partial charge in [0.05, 0.1) is 4.90 Å². The lowest BCUT2D eigenvalue weighted by atomic mass is 10.2. The van der Waals surface area contributed by atoms with Crippen LogP contribution in [0.15, 0.2) is 23.1 Å². The van der Waals surface area contributed by atoms with Crippen LogP contribution in [0.1, 0.15) is 5.56 Å². The molecule has 0 aliphatic rings. The van der Waals surface area contributed by atoms with Crippen molar-refractivity contribution in [1.82, 2.24) is 0 Å². The number of benzene rings is 1. The van der Waals surface area contributed by atoms with Gasteiger partial charge in [0.15, 0.2) is 0 Å². The Labute approximate surface area is 70.8 Å². The van der Waals surface area contributed by atoms with E-state index in [1.54, 1.807) is 0 Å². The number of hydrogen-bond donors (Lipinski definition) is 1. The Balaban J connectivity index is 3.39. The first kappa shape index (κ1) is 9.02. The molecule has 12 heavy (non-hydrogen) atoms. The van der Waals surface area contributed by atoms with Crippen LogP contribution in [0.3, 0.4) is 0 Å². The molecule has 2 N–H and O–H groups in total. The second-order valence-electron chi connectivity index (χ2n) is 2.48. The molecule has 0 heterocycles. The van der Waals surface area contributed by atoms with Crippen molar-refractivity contribution in [2.24, 2.45) is 0 Å². The summed E-state index contributed by atoms with van der Waals surface area (Å²) in [6.07, 6.45) is 0. The van der Waals surface area contributed by atoms with Crippen molar-refractivity contribution >= 4 is 15.8 Å². The van der Waals surface area contributed by atoms with Gasteiger partial charge in [0.2, 0.25) is 0 Å². The van der Waals surface area contributed by atoms with Crippen LogP contribution in [0, 0.1) is 6.92 Å². The highest BCUT2D eigenvalue weighted by atomic mass is 32.2. The van der Waals surface area contributed by atoms with Gasteiger partial charge in [0, 0.05) is 5.69 Å². The van der Waals surface area contributed by atoms with Crippen molar-refractivity contribution in [2.75, 3.05) is 5.73 Å². The van der Waals surface area contributed by atoms with Gasteiger partial charge >= 0.3 is 0 Å². The predicted octanol–water partition coefficient (Wildman–Crippen LogP) is 0.481. The molecular formula is C7H8NO3S-. The van der Waals surface area contributed by atoms with Crippen molar-refractivity contribution in [2.45, 2.75) is 11.8 Å². The third kappa shape index (κ3) is 1.75. The van der Waals surface area contributed by atoms with Gasteiger partial charge in [0.1, 0.15) is 10.1 Å². The largest absolute Gasteiger partial charge is 0.744 e. The van der Waals surface area contributed by atoms with Gasteiger partial charge in [-0.3, -0.25) is 0 Å². The van der Waals surface area contributed by atoms with Crippen LogP contribution in [-0.2, 0) is 10.1 Å². The molecule has 0 saturated heterocycles. The summed E-state index contributed by atoms with van der Waals surface area (Å²) in [5.41, 5.74) is 6.20. The molecule has 0 fully saturated rings. The minimum Gasteiger partial charge on any atom is -0.744 e. The van der Waals surface area contributed by atoms with Gasteiger partial charge in [-0.2, -0.15) is 0 Å². The topological polar surface area (TPSA) is 83.2 Å². The SMILES string of the molecule is Cc1cc(N)ccc1S(=O)(=O)[O-]. The third-order valence-corrected chi connectivity index (χ3v) is 2.47. The highest BCUT2D eigenvalue weighted by Crippen LogP contribution is 2.16. The molecular weight excluding hydrogens is 178 g/mol. The molecule has 1 aromatic carbocycles. The second-order valence-corrected chi connectivity index (χ2v) is 3.83. The molecule has 0 bridgehead atoms. The summed E-state index contributed by atoms with van der Waals surface area (Å²) in [7, 11) is -4.36. The van der Waals surface area contributed by atoms with Gasteiger partial charge in [-0.1, -0.05) is 0 Å². The minimum absolute atomic E-state index is 0.211. The van der Waals surface area contributed by atoms with Crippen LogP contribution >= 0.6 is 0 Å². The van der Waals surface area contributed by atoms with E-state index in [9.17, 15) is 13.0 Å². The zero-order valence-electron chi connectivity index (χ0n) is 6.44. The number of nitrogens with two attached hydrogens (primary N) is 1. The van der Waals surface area contributed by atoms with E-state index in [1.165, 1.54) is 25.1 Å². The van der Waals surface area contributed by atoms with Crippen LogP contribution in [-0.4, -0.2) is 13.0 Å². The van der Waals surface area contributed by atoms with Crippen LogP contribution in [0.2, 0.25) is 0 Å². The minimum atomic E-state index is -4.36. The lowest BCUT2D eigenvalue weighted by molar-refractivity contribution is 0.462. The lowest BCUT2D eigenvalue weighted by Gasteiger charge is -2.09. The van der Waals surface area contributed by atoms with Crippen LogP contribution in [0.25, 0.3) is 0 Å². The molecule has 0 aliphatic carbocycles.